The van der Waals surface area contributed by atoms with E-state index in [4.69, 9.17) is 16.2 Å². The van der Waals surface area contributed by atoms with Crippen LogP contribution in [0.5, 0.6) is 0 Å². The molecule has 0 spiro atoms. The van der Waals surface area contributed by atoms with E-state index >= 15 is 0 Å². The van der Waals surface area contributed by atoms with Gasteiger partial charge in [0.2, 0.25) is 11.8 Å². The minimum Gasteiger partial charge on any atom is -0.464 e. The zero-order valence-electron chi connectivity index (χ0n) is 12.7. The maximum atomic E-state index is 12.1. The Kier molecular flexibility index (Phi) is 10.2. The third-order valence-corrected chi connectivity index (χ3v) is 2.78. The van der Waals surface area contributed by atoms with Crippen molar-refractivity contribution in [2.45, 2.75) is 45.2 Å². The second kappa shape index (κ2) is 11.0. The molecule has 8 heteroatoms. The summed E-state index contributed by atoms with van der Waals surface area (Å²) < 4.78 is 4.81. The number of carbonyl (C=O) groups excluding carboxylic acids is 3. The average molecular weight is 302 g/mol. The largest absolute Gasteiger partial charge is 0.464 e. The van der Waals surface area contributed by atoms with Crippen molar-refractivity contribution in [3.63, 3.8) is 0 Å². The first kappa shape index (κ1) is 19.3. The van der Waals surface area contributed by atoms with Crippen LogP contribution in [-0.2, 0) is 19.1 Å². The first-order valence-electron chi connectivity index (χ1n) is 7.12. The molecule has 122 valence electrons. The number of amides is 2. The van der Waals surface area contributed by atoms with Crippen molar-refractivity contribution in [1.29, 1.82) is 0 Å². The van der Waals surface area contributed by atoms with E-state index in [0.29, 0.717) is 19.4 Å². The molecule has 21 heavy (non-hydrogen) atoms. The summed E-state index contributed by atoms with van der Waals surface area (Å²) in [6.07, 6.45) is 1.87. The summed E-state index contributed by atoms with van der Waals surface area (Å²) in [7, 11) is 0. The van der Waals surface area contributed by atoms with Crippen LogP contribution in [0.15, 0.2) is 0 Å². The lowest BCUT2D eigenvalue weighted by molar-refractivity contribution is -0.147. The summed E-state index contributed by atoms with van der Waals surface area (Å²) in [5, 5.41) is 5.05. The van der Waals surface area contributed by atoms with Gasteiger partial charge in [-0.1, -0.05) is 0 Å². The van der Waals surface area contributed by atoms with E-state index in [-0.39, 0.29) is 13.2 Å². The SMILES string of the molecule is CCOC(=O)[C@H](C)NC(=O)[C@H](CCCCN)NC(=O)CN. The molecule has 0 aliphatic heterocycles. The van der Waals surface area contributed by atoms with Crippen LogP contribution in [0.1, 0.15) is 33.1 Å². The average Bonchev–Trinajstić information content (AvgIpc) is 2.46. The Labute approximate surface area is 124 Å². The van der Waals surface area contributed by atoms with Crippen LogP contribution in [0.25, 0.3) is 0 Å². The van der Waals surface area contributed by atoms with Crippen molar-refractivity contribution >= 4 is 17.8 Å². The predicted octanol–water partition coefficient (Wildman–Crippen LogP) is -1.37. The fourth-order valence-corrected chi connectivity index (χ4v) is 1.66. The molecule has 2 atom stereocenters. The maximum absolute atomic E-state index is 12.1. The molecule has 0 saturated carbocycles. The monoisotopic (exact) mass is 302 g/mol. The van der Waals surface area contributed by atoms with Gasteiger partial charge in [0.1, 0.15) is 12.1 Å². The van der Waals surface area contributed by atoms with Gasteiger partial charge in [0.15, 0.2) is 0 Å². The summed E-state index contributed by atoms with van der Waals surface area (Å²) in [6.45, 7) is 3.76. The van der Waals surface area contributed by atoms with Crippen molar-refractivity contribution < 1.29 is 19.1 Å². The highest BCUT2D eigenvalue weighted by Gasteiger charge is 2.24. The second-order valence-corrected chi connectivity index (χ2v) is 4.59. The smallest absolute Gasteiger partial charge is 0.328 e. The highest BCUT2D eigenvalue weighted by atomic mass is 16.5. The standard InChI is InChI=1S/C13H26N4O4/c1-3-21-13(20)9(2)16-12(19)10(6-4-5-7-14)17-11(18)8-15/h9-10H,3-8,14-15H2,1-2H3,(H,16,19)(H,17,18)/t9-,10-/m0/s1. The summed E-state index contributed by atoms with van der Waals surface area (Å²) in [5.41, 5.74) is 10.6. The van der Waals surface area contributed by atoms with Gasteiger partial charge >= 0.3 is 5.97 Å². The van der Waals surface area contributed by atoms with E-state index in [1.165, 1.54) is 6.92 Å². The summed E-state index contributed by atoms with van der Waals surface area (Å²) in [5.74, 6) is -1.38. The van der Waals surface area contributed by atoms with Gasteiger partial charge in [-0.15, -0.1) is 0 Å². The Morgan fingerprint density at radius 3 is 2.33 bits per heavy atom. The van der Waals surface area contributed by atoms with E-state index in [1.54, 1.807) is 6.92 Å². The zero-order chi connectivity index (χ0) is 16.3. The molecule has 0 heterocycles. The number of hydrogen-bond acceptors (Lipinski definition) is 6. The topological polar surface area (TPSA) is 137 Å². The molecule has 2 amide bonds. The van der Waals surface area contributed by atoms with Gasteiger partial charge in [-0.25, -0.2) is 4.79 Å². The molecule has 0 aromatic carbocycles. The van der Waals surface area contributed by atoms with Crippen LogP contribution >= 0.6 is 0 Å². The van der Waals surface area contributed by atoms with Crippen molar-refractivity contribution in [2.24, 2.45) is 11.5 Å². The number of unbranched alkanes of at least 4 members (excludes halogenated alkanes) is 1. The third-order valence-electron chi connectivity index (χ3n) is 2.78. The molecule has 0 unspecified atom stereocenters. The number of carbonyl (C=O) groups is 3. The molecule has 0 rings (SSSR count). The second-order valence-electron chi connectivity index (χ2n) is 4.59. The Balaban J connectivity index is 4.53. The predicted molar refractivity (Wildman–Crippen MR) is 78.1 cm³/mol. The lowest BCUT2D eigenvalue weighted by Gasteiger charge is -2.20. The quantitative estimate of drug-likeness (QED) is 0.290. The lowest BCUT2D eigenvalue weighted by Crippen LogP contribution is -2.52. The first-order valence-corrected chi connectivity index (χ1v) is 7.12. The van der Waals surface area contributed by atoms with Crippen molar-refractivity contribution in [1.82, 2.24) is 10.6 Å². The third kappa shape index (κ3) is 8.26. The first-order chi connectivity index (χ1) is 9.96. The molecule has 0 aliphatic carbocycles. The van der Waals surface area contributed by atoms with Gasteiger partial charge in [-0.2, -0.15) is 0 Å². The minimum absolute atomic E-state index is 0.200. The Hall–Kier alpha value is -1.67. The highest BCUT2D eigenvalue weighted by Crippen LogP contribution is 2.02. The molecule has 0 aliphatic rings. The molecular weight excluding hydrogens is 276 g/mol. The molecule has 0 saturated heterocycles. The number of ether oxygens (including phenoxy) is 1. The van der Waals surface area contributed by atoms with E-state index in [9.17, 15) is 14.4 Å². The fourth-order valence-electron chi connectivity index (χ4n) is 1.66. The number of nitrogens with two attached hydrogens (primary N) is 2. The van der Waals surface area contributed by atoms with E-state index in [1.807, 2.05) is 0 Å². The van der Waals surface area contributed by atoms with Crippen LogP contribution in [0.2, 0.25) is 0 Å². The van der Waals surface area contributed by atoms with Gasteiger partial charge in [-0.3, -0.25) is 9.59 Å². The summed E-state index contributed by atoms with van der Waals surface area (Å²) >= 11 is 0. The molecule has 0 fully saturated rings. The molecule has 0 aromatic heterocycles. The van der Waals surface area contributed by atoms with Gasteiger partial charge in [0, 0.05) is 0 Å². The van der Waals surface area contributed by atoms with Gasteiger partial charge in [0.25, 0.3) is 0 Å². The van der Waals surface area contributed by atoms with Crippen molar-refractivity contribution in [3.8, 4) is 0 Å². The Morgan fingerprint density at radius 2 is 1.81 bits per heavy atom. The number of nitrogens with one attached hydrogen (secondary N) is 2. The fraction of sp³-hybridized carbons (Fsp3) is 0.769. The summed E-state index contributed by atoms with van der Waals surface area (Å²) in [6, 6.07) is -1.51. The van der Waals surface area contributed by atoms with E-state index < -0.39 is 29.9 Å². The maximum Gasteiger partial charge on any atom is 0.328 e. The van der Waals surface area contributed by atoms with E-state index in [2.05, 4.69) is 10.6 Å². The molecular formula is C13H26N4O4. The minimum atomic E-state index is -0.774. The van der Waals surface area contributed by atoms with Crippen LogP contribution in [0.3, 0.4) is 0 Å². The normalized spacial score (nSPS) is 13.1. The summed E-state index contributed by atoms with van der Waals surface area (Å²) in [4.78, 5) is 34.9. The zero-order valence-corrected chi connectivity index (χ0v) is 12.7. The van der Waals surface area contributed by atoms with E-state index in [0.717, 1.165) is 6.42 Å². The van der Waals surface area contributed by atoms with Gasteiger partial charge in [0.05, 0.1) is 13.2 Å². The van der Waals surface area contributed by atoms with Gasteiger partial charge < -0.3 is 26.8 Å². The molecule has 0 bridgehead atoms. The van der Waals surface area contributed by atoms with Gasteiger partial charge in [-0.05, 0) is 39.7 Å². The number of hydrogen-bond donors (Lipinski definition) is 4. The number of rotatable bonds is 10. The van der Waals surface area contributed by atoms with Crippen LogP contribution in [-0.4, -0.2) is 49.6 Å². The van der Waals surface area contributed by atoms with Crippen molar-refractivity contribution in [3.05, 3.63) is 0 Å². The van der Waals surface area contributed by atoms with Crippen LogP contribution in [0, 0.1) is 0 Å². The van der Waals surface area contributed by atoms with Crippen LogP contribution in [0.4, 0.5) is 0 Å². The highest BCUT2D eigenvalue weighted by molar-refractivity contribution is 5.90. The Morgan fingerprint density at radius 1 is 1.14 bits per heavy atom. The van der Waals surface area contributed by atoms with Crippen LogP contribution < -0.4 is 22.1 Å². The van der Waals surface area contributed by atoms with Crippen molar-refractivity contribution in [2.75, 3.05) is 19.7 Å². The molecule has 8 nitrogen and oxygen atoms in total. The Bertz CT molecular complexity index is 349. The lowest BCUT2D eigenvalue weighted by atomic mass is 10.1. The number of esters is 1. The molecule has 0 radical (unpaired) electrons. The molecule has 6 N–H and O–H groups in total. The molecule has 0 aromatic rings.